The summed E-state index contributed by atoms with van der Waals surface area (Å²) in [7, 11) is 0. The maximum absolute atomic E-state index is 12.3. The van der Waals surface area contributed by atoms with Crippen LogP contribution in [-0.2, 0) is 0 Å². The lowest BCUT2D eigenvalue weighted by Gasteiger charge is -2.10. The Balaban J connectivity index is 2.34. The molecule has 0 spiro atoms. The lowest BCUT2D eigenvalue weighted by molar-refractivity contribution is -0.384. The second-order valence-corrected chi connectivity index (χ2v) is 6.27. The minimum absolute atomic E-state index is 0.108. The number of nitrogens with one attached hydrogen (secondary N) is 1. The van der Waals surface area contributed by atoms with E-state index in [0.717, 1.165) is 10.0 Å². The average Bonchev–Trinajstić information content (AvgIpc) is 2.44. The molecule has 1 N–H and O–H groups in total. The third-order valence-electron chi connectivity index (χ3n) is 2.85. The van der Waals surface area contributed by atoms with Gasteiger partial charge in [0, 0.05) is 20.2 Å². The van der Waals surface area contributed by atoms with Crippen molar-refractivity contribution in [1.82, 2.24) is 0 Å². The number of anilines is 1. The van der Waals surface area contributed by atoms with Crippen LogP contribution >= 0.6 is 38.5 Å². The Morgan fingerprint density at radius 3 is 2.71 bits per heavy atom. The predicted octanol–water partition coefficient (Wildman–Crippen LogP) is 4.52. The molecule has 7 heteroatoms. The van der Waals surface area contributed by atoms with Crippen molar-refractivity contribution in [3.63, 3.8) is 0 Å². The van der Waals surface area contributed by atoms with E-state index in [4.69, 9.17) is 0 Å². The topological polar surface area (TPSA) is 72.2 Å². The number of halogens is 2. The number of rotatable bonds is 3. The van der Waals surface area contributed by atoms with Crippen LogP contribution < -0.4 is 5.32 Å². The van der Waals surface area contributed by atoms with E-state index in [-0.39, 0.29) is 17.2 Å². The van der Waals surface area contributed by atoms with Crippen molar-refractivity contribution in [3.8, 4) is 0 Å². The summed E-state index contributed by atoms with van der Waals surface area (Å²) < 4.78 is 1.44. The van der Waals surface area contributed by atoms with Crippen molar-refractivity contribution in [2.24, 2.45) is 0 Å². The minimum atomic E-state index is -0.518. The summed E-state index contributed by atoms with van der Waals surface area (Å²) >= 11 is 5.39. The molecule has 0 bridgehead atoms. The summed E-state index contributed by atoms with van der Waals surface area (Å²) in [6.07, 6.45) is 0. The van der Waals surface area contributed by atoms with Gasteiger partial charge in [-0.1, -0.05) is 12.1 Å². The van der Waals surface area contributed by atoms with E-state index in [1.165, 1.54) is 12.1 Å². The molecule has 0 unspecified atom stereocenters. The normalized spacial score (nSPS) is 10.2. The first-order chi connectivity index (χ1) is 9.90. The van der Waals surface area contributed by atoms with Crippen molar-refractivity contribution in [2.75, 3.05) is 5.32 Å². The van der Waals surface area contributed by atoms with Crippen molar-refractivity contribution < 1.29 is 9.72 Å². The molecule has 0 fully saturated rings. The fraction of sp³-hybridized carbons (Fsp3) is 0.0714. The molecular formula is C14H10BrIN2O3. The Morgan fingerprint density at radius 2 is 2.05 bits per heavy atom. The average molecular weight is 461 g/mol. The zero-order chi connectivity index (χ0) is 15.6. The van der Waals surface area contributed by atoms with Gasteiger partial charge in [-0.15, -0.1) is 0 Å². The Hall–Kier alpha value is -1.48. The van der Waals surface area contributed by atoms with Crippen LogP contribution in [0.25, 0.3) is 0 Å². The maximum atomic E-state index is 12.3. The van der Waals surface area contributed by atoms with E-state index in [2.05, 4.69) is 21.2 Å². The molecule has 2 aromatic carbocycles. The third-order valence-corrected chi connectivity index (χ3v) is 4.84. The van der Waals surface area contributed by atoms with Gasteiger partial charge in [-0.05, 0) is 63.1 Å². The van der Waals surface area contributed by atoms with Crippen LogP contribution in [0.15, 0.2) is 40.9 Å². The smallest absolute Gasteiger partial charge is 0.270 e. The SMILES string of the molecule is Cc1cccc(NC(=O)c2cc([N+](=O)[O-])ccc2I)c1Br. The molecule has 0 aromatic heterocycles. The molecule has 0 aliphatic rings. The number of nitro groups is 1. The highest BCUT2D eigenvalue weighted by molar-refractivity contribution is 14.1. The molecule has 0 atom stereocenters. The second kappa shape index (κ2) is 6.52. The molecule has 2 aromatic rings. The molecule has 0 aliphatic carbocycles. The van der Waals surface area contributed by atoms with Crippen molar-refractivity contribution in [1.29, 1.82) is 0 Å². The number of nitrogens with zero attached hydrogens (tertiary/aromatic N) is 1. The quantitative estimate of drug-likeness (QED) is 0.415. The molecular weight excluding hydrogens is 451 g/mol. The molecule has 5 nitrogen and oxygen atoms in total. The number of hydrogen-bond acceptors (Lipinski definition) is 3. The van der Waals surface area contributed by atoms with Crippen LogP contribution in [0, 0.1) is 20.6 Å². The Bertz CT molecular complexity index is 734. The fourth-order valence-corrected chi connectivity index (χ4v) is 2.68. The van der Waals surface area contributed by atoms with Crippen molar-refractivity contribution >= 4 is 55.8 Å². The van der Waals surface area contributed by atoms with Gasteiger partial charge < -0.3 is 5.32 Å². The number of non-ortho nitro benzene ring substituents is 1. The first-order valence-electron chi connectivity index (χ1n) is 5.90. The monoisotopic (exact) mass is 460 g/mol. The highest BCUT2D eigenvalue weighted by Crippen LogP contribution is 2.27. The van der Waals surface area contributed by atoms with Gasteiger partial charge in [0.15, 0.2) is 0 Å². The molecule has 0 saturated heterocycles. The lowest BCUT2D eigenvalue weighted by atomic mass is 10.1. The molecule has 0 saturated carbocycles. The van der Waals surface area contributed by atoms with Crippen LogP contribution in [0.2, 0.25) is 0 Å². The van der Waals surface area contributed by atoms with Crippen LogP contribution in [0.3, 0.4) is 0 Å². The van der Waals surface area contributed by atoms with E-state index >= 15 is 0 Å². The largest absolute Gasteiger partial charge is 0.321 e. The second-order valence-electron chi connectivity index (χ2n) is 4.31. The van der Waals surface area contributed by atoms with Gasteiger partial charge in [0.05, 0.1) is 16.2 Å². The van der Waals surface area contributed by atoms with Crippen molar-refractivity contribution in [2.45, 2.75) is 6.92 Å². The standard InChI is InChI=1S/C14H10BrIN2O3/c1-8-3-2-4-12(13(8)15)17-14(19)10-7-9(18(20)21)5-6-11(10)16/h2-7H,1H3,(H,17,19). The first-order valence-corrected chi connectivity index (χ1v) is 7.77. The molecule has 0 radical (unpaired) electrons. The van der Waals surface area contributed by atoms with Crippen LogP contribution in [0.5, 0.6) is 0 Å². The minimum Gasteiger partial charge on any atom is -0.321 e. The maximum Gasteiger partial charge on any atom is 0.270 e. The summed E-state index contributed by atoms with van der Waals surface area (Å²) in [5.41, 5.74) is 1.78. The van der Waals surface area contributed by atoms with Crippen LogP contribution in [0.1, 0.15) is 15.9 Å². The van der Waals surface area contributed by atoms with Gasteiger partial charge in [0.1, 0.15) is 0 Å². The number of benzene rings is 2. The number of carbonyl (C=O) groups is 1. The molecule has 1 amide bonds. The van der Waals surface area contributed by atoms with E-state index in [1.807, 2.05) is 41.6 Å². The summed E-state index contributed by atoms with van der Waals surface area (Å²) in [6, 6.07) is 9.71. The van der Waals surface area contributed by atoms with Crippen LogP contribution in [0.4, 0.5) is 11.4 Å². The van der Waals surface area contributed by atoms with Crippen LogP contribution in [-0.4, -0.2) is 10.8 Å². The number of amides is 1. The van der Waals surface area contributed by atoms with Crippen molar-refractivity contribution in [3.05, 3.63) is 65.7 Å². The fourth-order valence-electron chi connectivity index (χ4n) is 1.73. The Morgan fingerprint density at radius 1 is 1.33 bits per heavy atom. The van der Waals surface area contributed by atoms with E-state index in [1.54, 1.807) is 12.1 Å². The number of nitro benzene ring substituents is 1. The summed E-state index contributed by atoms with van der Waals surface area (Å²) in [5, 5.41) is 13.6. The van der Waals surface area contributed by atoms with Gasteiger partial charge in [-0.3, -0.25) is 14.9 Å². The summed E-state index contributed by atoms with van der Waals surface area (Å²) in [5.74, 6) is -0.380. The summed E-state index contributed by atoms with van der Waals surface area (Å²) in [4.78, 5) is 22.6. The highest BCUT2D eigenvalue weighted by Gasteiger charge is 2.16. The van der Waals surface area contributed by atoms with Gasteiger partial charge in [0.25, 0.3) is 11.6 Å². The van der Waals surface area contributed by atoms with E-state index < -0.39 is 4.92 Å². The summed E-state index contributed by atoms with van der Waals surface area (Å²) in [6.45, 7) is 1.91. The molecule has 108 valence electrons. The Labute approximate surface area is 143 Å². The zero-order valence-corrected chi connectivity index (χ0v) is 14.6. The molecule has 0 aliphatic heterocycles. The third kappa shape index (κ3) is 3.59. The van der Waals surface area contributed by atoms with Gasteiger partial charge >= 0.3 is 0 Å². The van der Waals surface area contributed by atoms with Gasteiger partial charge in [0.2, 0.25) is 0 Å². The van der Waals surface area contributed by atoms with E-state index in [0.29, 0.717) is 9.26 Å². The number of carbonyl (C=O) groups excluding carboxylic acids is 1. The van der Waals surface area contributed by atoms with Gasteiger partial charge in [-0.25, -0.2) is 0 Å². The highest BCUT2D eigenvalue weighted by atomic mass is 127. The van der Waals surface area contributed by atoms with E-state index in [9.17, 15) is 14.9 Å². The predicted molar refractivity (Wildman–Crippen MR) is 92.6 cm³/mol. The Kier molecular flexibility index (Phi) is 4.94. The lowest BCUT2D eigenvalue weighted by Crippen LogP contribution is -2.14. The number of hydrogen-bond donors (Lipinski definition) is 1. The zero-order valence-electron chi connectivity index (χ0n) is 10.9. The van der Waals surface area contributed by atoms with Gasteiger partial charge in [-0.2, -0.15) is 0 Å². The first kappa shape index (κ1) is 15.9. The molecule has 21 heavy (non-hydrogen) atoms. The molecule has 2 rings (SSSR count). The number of aryl methyl sites for hydroxylation is 1. The molecule has 0 heterocycles.